The number of benzene rings is 2. The maximum Gasteiger partial charge on any atom is 0.309 e. The number of carboxylic acid groups (broad SMARTS) is 1. The fourth-order valence-electron chi connectivity index (χ4n) is 6.34. The summed E-state index contributed by atoms with van der Waals surface area (Å²) in [7, 11) is 0. The third-order valence-electron chi connectivity index (χ3n) is 8.91. The minimum atomic E-state index is -0.669. The van der Waals surface area contributed by atoms with E-state index in [0.29, 0.717) is 25.4 Å². The number of carboxylic acids is 1. The van der Waals surface area contributed by atoms with Crippen LogP contribution in [0.4, 0.5) is 0 Å². The van der Waals surface area contributed by atoms with E-state index in [1.165, 1.54) is 4.68 Å². The van der Waals surface area contributed by atoms with Crippen LogP contribution in [-0.4, -0.2) is 33.3 Å². The lowest BCUT2D eigenvalue weighted by molar-refractivity contribution is -0.155. The van der Waals surface area contributed by atoms with Gasteiger partial charge in [0, 0.05) is 18.2 Å². The van der Waals surface area contributed by atoms with Gasteiger partial charge in [0.05, 0.1) is 23.6 Å². The van der Waals surface area contributed by atoms with Gasteiger partial charge in [0.2, 0.25) is 5.91 Å². The van der Waals surface area contributed by atoms with Crippen LogP contribution in [0.2, 0.25) is 0 Å². The summed E-state index contributed by atoms with van der Waals surface area (Å²) in [5.41, 5.74) is 2.99. The number of aromatic nitrogens is 2. The molecular formula is C33H39N3O4. The van der Waals surface area contributed by atoms with Crippen LogP contribution in [0.25, 0.3) is 11.3 Å². The van der Waals surface area contributed by atoms with Crippen molar-refractivity contribution >= 4 is 11.9 Å². The molecule has 1 unspecified atom stereocenters. The zero-order chi connectivity index (χ0) is 28.0. The third-order valence-corrected chi connectivity index (χ3v) is 8.91. The molecular weight excluding hydrogens is 502 g/mol. The highest BCUT2D eigenvalue weighted by Gasteiger charge is 2.43. The molecule has 210 valence electrons. The summed E-state index contributed by atoms with van der Waals surface area (Å²) in [6, 6.07) is 21.1. The van der Waals surface area contributed by atoms with E-state index in [9.17, 15) is 19.5 Å². The predicted molar refractivity (Wildman–Crippen MR) is 155 cm³/mol. The smallest absolute Gasteiger partial charge is 0.309 e. The molecule has 1 aromatic heterocycles. The fourth-order valence-corrected chi connectivity index (χ4v) is 6.34. The Kier molecular flexibility index (Phi) is 8.78. The molecule has 0 bridgehead atoms. The third kappa shape index (κ3) is 6.35. The minimum absolute atomic E-state index is 0.0599. The van der Waals surface area contributed by atoms with Gasteiger partial charge in [-0.2, -0.15) is 5.10 Å². The zero-order valence-corrected chi connectivity index (χ0v) is 23.1. The van der Waals surface area contributed by atoms with Crippen LogP contribution >= 0.6 is 0 Å². The second-order valence-corrected chi connectivity index (χ2v) is 11.5. The fraction of sp³-hybridized carbons (Fsp3) is 0.455. The van der Waals surface area contributed by atoms with Gasteiger partial charge in [-0.05, 0) is 61.6 Å². The van der Waals surface area contributed by atoms with Crippen molar-refractivity contribution in [2.45, 2.75) is 76.7 Å². The Balaban J connectivity index is 1.22. The molecule has 40 heavy (non-hydrogen) atoms. The van der Waals surface area contributed by atoms with Gasteiger partial charge in [0.1, 0.15) is 0 Å². The lowest BCUT2D eigenvalue weighted by Gasteiger charge is -2.37. The molecule has 7 heteroatoms. The maximum atomic E-state index is 13.4. The highest BCUT2D eigenvalue weighted by atomic mass is 16.4. The van der Waals surface area contributed by atoms with Crippen molar-refractivity contribution in [3.8, 4) is 11.3 Å². The molecule has 7 nitrogen and oxygen atoms in total. The standard InChI is InChI=1S/C33H39N3O4/c37-29-18-17-28(25-9-2-1-3-10-25)35-36(29)23-24-13-15-27(16-14-24)30(26-11-4-5-12-26)31(38)34-22-7-6-19-33(32(39)40)20-8-21-33/h1-3,9-10,13-18,26,30H,4-8,11-12,19-23H2,(H,34,38)(H,39,40). The number of unbranched alkanes of at least 4 members (excludes halogenated alkanes) is 1. The normalized spacial score (nSPS) is 17.2. The SMILES string of the molecule is O=C(NCCCCC1(C(=O)O)CCC1)C(c1ccc(Cn2nc(-c3ccccc3)ccc2=O)cc1)C1CCCC1. The molecule has 2 aromatic carbocycles. The van der Waals surface area contributed by atoms with Crippen LogP contribution in [0, 0.1) is 11.3 Å². The van der Waals surface area contributed by atoms with Crippen molar-refractivity contribution in [2.24, 2.45) is 11.3 Å². The van der Waals surface area contributed by atoms with E-state index in [1.807, 2.05) is 54.6 Å². The first-order valence-electron chi connectivity index (χ1n) is 14.7. The summed E-state index contributed by atoms with van der Waals surface area (Å²) in [4.78, 5) is 37.5. The monoisotopic (exact) mass is 541 g/mol. The van der Waals surface area contributed by atoms with Crippen molar-refractivity contribution in [3.05, 3.63) is 88.2 Å². The van der Waals surface area contributed by atoms with Gasteiger partial charge in [-0.3, -0.25) is 14.4 Å². The number of carbonyl (C=O) groups excluding carboxylic acids is 1. The van der Waals surface area contributed by atoms with E-state index in [4.69, 9.17) is 0 Å². The van der Waals surface area contributed by atoms with Gasteiger partial charge in [0.25, 0.3) is 5.56 Å². The molecule has 3 aromatic rings. The minimum Gasteiger partial charge on any atom is -0.481 e. The van der Waals surface area contributed by atoms with Crippen molar-refractivity contribution < 1.29 is 14.7 Å². The molecule has 2 N–H and O–H groups in total. The zero-order valence-electron chi connectivity index (χ0n) is 23.1. The van der Waals surface area contributed by atoms with Crippen LogP contribution in [0.5, 0.6) is 0 Å². The second-order valence-electron chi connectivity index (χ2n) is 11.5. The van der Waals surface area contributed by atoms with Gasteiger partial charge in [0.15, 0.2) is 0 Å². The first-order chi connectivity index (χ1) is 19.4. The molecule has 0 radical (unpaired) electrons. The number of nitrogens with zero attached hydrogens (tertiary/aromatic N) is 2. The van der Waals surface area contributed by atoms with E-state index < -0.39 is 11.4 Å². The highest BCUT2D eigenvalue weighted by molar-refractivity contribution is 5.84. The Morgan fingerprint density at radius 3 is 2.33 bits per heavy atom. The molecule has 2 fully saturated rings. The van der Waals surface area contributed by atoms with E-state index in [1.54, 1.807) is 12.1 Å². The lowest BCUT2D eigenvalue weighted by atomic mass is 9.66. The number of aliphatic carboxylic acids is 1. The molecule has 0 saturated heterocycles. The summed E-state index contributed by atoms with van der Waals surface area (Å²) in [6.07, 6.45) is 9.24. The molecule has 2 aliphatic rings. The summed E-state index contributed by atoms with van der Waals surface area (Å²) in [6.45, 7) is 0.931. The van der Waals surface area contributed by atoms with Gasteiger partial charge >= 0.3 is 5.97 Å². The van der Waals surface area contributed by atoms with Gasteiger partial charge in [-0.1, -0.05) is 80.3 Å². The van der Waals surface area contributed by atoms with Crippen molar-refractivity contribution in [1.82, 2.24) is 15.1 Å². The highest BCUT2D eigenvalue weighted by Crippen LogP contribution is 2.45. The number of rotatable bonds is 12. The Morgan fingerprint density at radius 1 is 0.950 bits per heavy atom. The molecule has 2 aliphatic carbocycles. The van der Waals surface area contributed by atoms with Gasteiger partial charge < -0.3 is 10.4 Å². The summed E-state index contributed by atoms with van der Waals surface area (Å²) >= 11 is 0. The molecule has 2 saturated carbocycles. The van der Waals surface area contributed by atoms with Crippen molar-refractivity contribution in [1.29, 1.82) is 0 Å². The van der Waals surface area contributed by atoms with Crippen molar-refractivity contribution in [3.63, 3.8) is 0 Å². The van der Waals surface area contributed by atoms with Crippen LogP contribution < -0.4 is 10.9 Å². The van der Waals surface area contributed by atoms with Gasteiger partial charge in [-0.25, -0.2) is 4.68 Å². The van der Waals surface area contributed by atoms with Gasteiger partial charge in [-0.15, -0.1) is 0 Å². The Labute approximate surface area is 235 Å². The maximum absolute atomic E-state index is 13.4. The Bertz CT molecular complexity index is 1360. The number of hydrogen-bond donors (Lipinski definition) is 2. The second kappa shape index (κ2) is 12.6. The van der Waals surface area contributed by atoms with Crippen LogP contribution in [0.15, 0.2) is 71.5 Å². The Hall–Kier alpha value is -3.74. The summed E-state index contributed by atoms with van der Waals surface area (Å²) < 4.78 is 1.48. The van der Waals surface area contributed by atoms with Crippen LogP contribution in [0.1, 0.15) is 81.3 Å². The number of nitrogens with one attached hydrogen (secondary N) is 1. The number of hydrogen-bond acceptors (Lipinski definition) is 4. The predicted octanol–water partition coefficient (Wildman–Crippen LogP) is 5.77. The first-order valence-corrected chi connectivity index (χ1v) is 14.7. The summed E-state index contributed by atoms with van der Waals surface area (Å²) in [5.74, 6) is -0.486. The topological polar surface area (TPSA) is 101 Å². The number of amides is 1. The van der Waals surface area contributed by atoms with Crippen molar-refractivity contribution in [2.75, 3.05) is 6.54 Å². The lowest BCUT2D eigenvalue weighted by Crippen LogP contribution is -2.38. The quantitative estimate of drug-likeness (QED) is 0.283. The number of carbonyl (C=O) groups is 2. The first kappa shape index (κ1) is 27.8. The summed E-state index contributed by atoms with van der Waals surface area (Å²) in [5, 5.41) is 17.3. The van der Waals surface area contributed by atoms with E-state index in [-0.39, 0.29) is 17.4 Å². The molecule has 0 aliphatic heterocycles. The van der Waals surface area contributed by atoms with E-state index in [2.05, 4.69) is 10.4 Å². The molecule has 1 atom stereocenters. The molecule has 0 spiro atoms. The van der Waals surface area contributed by atoms with Crippen LogP contribution in [-0.2, 0) is 16.1 Å². The van der Waals surface area contributed by atoms with E-state index >= 15 is 0 Å². The van der Waals surface area contributed by atoms with E-state index in [0.717, 1.165) is 80.2 Å². The average molecular weight is 542 g/mol. The average Bonchev–Trinajstić information content (AvgIpc) is 3.47. The Morgan fingerprint density at radius 2 is 1.68 bits per heavy atom. The molecule has 5 rings (SSSR count). The molecule has 1 amide bonds. The largest absolute Gasteiger partial charge is 0.481 e. The van der Waals surface area contributed by atoms with Crippen LogP contribution in [0.3, 0.4) is 0 Å². The molecule has 1 heterocycles.